The second-order valence-corrected chi connectivity index (χ2v) is 5.34. The van der Waals surface area contributed by atoms with Gasteiger partial charge in [0.1, 0.15) is 5.60 Å². The van der Waals surface area contributed by atoms with E-state index in [-0.39, 0.29) is 18.1 Å². The molecule has 0 amide bonds. The highest BCUT2D eigenvalue weighted by atomic mass is 16.5. The Bertz CT molecular complexity index is 220. The molecule has 1 rings (SSSR count). The van der Waals surface area contributed by atoms with Crippen LogP contribution in [0.5, 0.6) is 0 Å². The summed E-state index contributed by atoms with van der Waals surface area (Å²) in [6.07, 6.45) is 2.46. The number of nitrogens with one attached hydrogen (secondary N) is 1. The van der Waals surface area contributed by atoms with Crippen LogP contribution < -0.4 is 5.32 Å². The predicted octanol–water partition coefficient (Wildman–Crippen LogP) is 0.915. The Labute approximate surface area is 104 Å². The van der Waals surface area contributed by atoms with Crippen LogP contribution in [0.25, 0.3) is 0 Å². The molecule has 0 radical (unpaired) electrons. The first-order chi connectivity index (χ1) is 8.02. The van der Waals surface area contributed by atoms with Gasteiger partial charge in [-0.05, 0) is 19.8 Å². The first-order valence-electron chi connectivity index (χ1n) is 6.67. The van der Waals surface area contributed by atoms with Gasteiger partial charge in [-0.1, -0.05) is 13.8 Å². The maximum absolute atomic E-state index is 10.3. The second kappa shape index (κ2) is 6.14. The minimum atomic E-state index is -0.747. The van der Waals surface area contributed by atoms with E-state index in [2.05, 4.69) is 19.2 Å². The molecule has 0 aromatic carbocycles. The number of aliphatic hydroxyl groups excluding tert-OH is 1. The normalized spacial score (nSPS) is 29.8. The molecule has 1 aliphatic rings. The van der Waals surface area contributed by atoms with E-state index in [9.17, 15) is 10.2 Å². The van der Waals surface area contributed by atoms with Crippen molar-refractivity contribution in [2.75, 3.05) is 26.3 Å². The van der Waals surface area contributed by atoms with Gasteiger partial charge in [0, 0.05) is 38.1 Å². The van der Waals surface area contributed by atoms with Crippen LogP contribution >= 0.6 is 0 Å². The summed E-state index contributed by atoms with van der Waals surface area (Å²) in [6, 6.07) is 0. The van der Waals surface area contributed by atoms with Gasteiger partial charge in [-0.15, -0.1) is 0 Å². The summed E-state index contributed by atoms with van der Waals surface area (Å²) in [5.74, 6) is 0. The zero-order valence-electron chi connectivity index (χ0n) is 11.3. The number of hydrogen-bond donors (Lipinski definition) is 3. The van der Waals surface area contributed by atoms with E-state index < -0.39 is 5.60 Å². The standard InChI is InChI=1S/C13H27NO3/c1-4-12(5-2,10-15)8-14-9-13(16)6-7-17-11(13)3/h11,14-16H,4-10H2,1-3H3. The molecular formula is C13H27NO3. The van der Waals surface area contributed by atoms with Crippen LogP contribution in [-0.2, 0) is 4.74 Å². The van der Waals surface area contributed by atoms with Crippen molar-refractivity contribution in [3.8, 4) is 0 Å². The van der Waals surface area contributed by atoms with Gasteiger partial charge in [0.2, 0.25) is 0 Å². The van der Waals surface area contributed by atoms with Crippen LogP contribution in [0.2, 0.25) is 0 Å². The van der Waals surface area contributed by atoms with Gasteiger partial charge in [-0.25, -0.2) is 0 Å². The summed E-state index contributed by atoms with van der Waals surface area (Å²) in [7, 11) is 0. The average molecular weight is 245 g/mol. The van der Waals surface area contributed by atoms with Gasteiger partial charge >= 0.3 is 0 Å². The highest BCUT2D eigenvalue weighted by Gasteiger charge is 2.39. The van der Waals surface area contributed by atoms with Crippen LogP contribution in [0.3, 0.4) is 0 Å². The molecule has 0 aliphatic carbocycles. The summed E-state index contributed by atoms with van der Waals surface area (Å²) in [5.41, 5.74) is -0.804. The van der Waals surface area contributed by atoms with Crippen LogP contribution in [0.4, 0.5) is 0 Å². The molecule has 4 heteroatoms. The zero-order chi connectivity index (χ0) is 12.9. The second-order valence-electron chi connectivity index (χ2n) is 5.34. The van der Waals surface area contributed by atoms with E-state index in [1.54, 1.807) is 0 Å². The lowest BCUT2D eigenvalue weighted by Crippen LogP contribution is -2.48. The Kier molecular flexibility index (Phi) is 5.38. The van der Waals surface area contributed by atoms with Gasteiger partial charge in [0.25, 0.3) is 0 Å². The summed E-state index contributed by atoms with van der Waals surface area (Å²) >= 11 is 0. The van der Waals surface area contributed by atoms with Gasteiger partial charge in [-0.2, -0.15) is 0 Å². The predicted molar refractivity (Wildman–Crippen MR) is 68.0 cm³/mol. The SMILES string of the molecule is CCC(CC)(CO)CNCC1(O)CCOC1C. The lowest BCUT2D eigenvalue weighted by molar-refractivity contribution is -0.0286. The molecular weight excluding hydrogens is 218 g/mol. The molecule has 2 atom stereocenters. The maximum Gasteiger partial charge on any atom is 0.105 e. The van der Waals surface area contributed by atoms with Crippen molar-refractivity contribution in [2.45, 2.75) is 51.7 Å². The maximum atomic E-state index is 10.3. The lowest BCUT2D eigenvalue weighted by atomic mass is 9.83. The van der Waals surface area contributed by atoms with Gasteiger partial charge in [0.05, 0.1) is 6.10 Å². The summed E-state index contributed by atoms with van der Waals surface area (Å²) in [6.45, 7) is 8.20. The summed E-state index contributed by atoms with van der Waals surface area (Å²) in [4.78, 5) is 0. The van der Waals surface area contributed by atoms with E-state index in [1.807, 2.05) is 6.92 Å². The van der Waals surface area contributed by atoms with Gasteiger partial charge in [0.15, 0.2) is 0 Å². The average Bonchev–Trinajstić information content (AvgIpc) is 2.66. The largest absolute Gasteiger partial charge is 0.396 e. The van der Waals surface area contributed by atoms with Crippen LogP contribution in [0, 0.1) is 5.41 Å². The van der Waals surface area contributed by atoms with Crippen molar-refractivity contribution in [1.82, 2.24) is 5.32 Å². The van der Waals surface area contributed by atoms with Crippen molar-refractivity contribution in [3.05, 3.63) is 0 Å². The third-order valence-corrected chi connectivity index (χ3v) is 4.43. The zero-order valence-corrected chi connectivity index (χ0v) is 11.3. The fourth-order valence-electron chi connectivity index (χ4n) is 2.33. The Morgan fingerprint density at radius 2 is 2.06 bits per heavy atom. The molecule has 0 aromatic heterocycles. The van der Waals surface area contributed by atoms with Crippen LogP contribution in [0.1, 0.15) is 40.0 Å². The Morgan fingerprint density at radius 3 is 2.47 bits per heavy atom. The minimum absolute atomic E-state index is 0.0565. The third kappa shape index (κ3) is 3.41. The number of rotatable bonds is 7. The Balaban J connectivity index is 2.41. The molecule has 102 valence electrons. The van der Waals surface area contributed by atoms with Gasteiger partial charge < -0.3 is 20.3 Å². The molecule has 3 N–H and O–H groups in total. The van der Waals surface area contributed by atoms with Gasteiger partial charge in [-0.3, -0.25) is 0 Å². The molecule has 1 heterocycles. The first kappa shape index (κ1) is 14.9. The minimum Gasteiger partial charge on any atom is -0.396 e. The van der Waals surface area contributed by atoms with Crippen molar-refractivity contribution < 1.29 is 14.9 Å². The van der Waals surface area contributed by atoms with Crippen molar-refractivity contribution in [3.63, 3.8) is 0 Å². The number of aliphatic hydroxyl groups is 2. The van der Waals surface area contributed by atoms with Crippen LogP contribution in [-0.4, -0.2) is 48.2 Å². The summed E-state index contributed by atoms with van der Waals surface area (Å²) in [5, 5.41) is 23.1. The molecule has 1 saturated heterocycles. The topological polar surface area (TPSA) is 61.7 Å². The molecule has 1 fully saturated rings. The van der Waals surface area contributed by atoms with Crippen LogP contribution in [0.15, 0.2) is 0 Å². The first-order valence-corrected chi connectivity index (χ1v) is 6.67. The lowest BCUT2D eigenvalue weighted by Gasteiger charge is -2.32. The molecule has 0 bridgehead atoms. The highest BCUT2D eigenvalue weighted by Crippen LogP contribution is 2.27. The highest BCUT2D eigenvalue weighted by molar-refractivity contribution is 4.92. The molecule has 0 spiro atoms. The molecule has 17 heavy (non-hydrogen) atoms. The number of ether oxygens (including phenoxy) is 1. The number of hydrogen-bond acceptors (Lipinski definition) is 4. The Morgan fingerprint density at radius 1 is 1.41 bits per heavy atom. The molecule has 1 aliphatic heterocycles. The van der Waals surface area contributed by atoms with E-state index >= 15 is 0 Å². The monoisotopic (exact) mass is 245 g/mol. The van der Waals surface area contributed by atoms with Crippen molar-refractivity contribution in [1.29, 1.82) is 0 Å². The fourth-order valence-corrected chi connectivity index (χ4v) is 2.33. The fraction of sp³-hybridized carbons (Fsp3) is 1.00. The molecule has 2 unspecified atom stereocenters. The van der Waals surface area contributed by atoms with E-state index in [4.69, 9.17) is 4.74 Å². The third-order valence-electron chi connectivity index (χ3n) is 4.43. The molecule has 0 saturated carbocycles. The van der Waals surface area contributed by atoms with Crippen molar-refractivity contribution >= 4 is 0 Å². The molecule has 4 nitrogen and oxygen atoms in total. The molecule has 0 aromatic rings. The quantitative estimate of drug-likeness (QED) is 0.624. The van der Waals surface area contributed by atoms with E-state index in [1.165, 1.54) is 0 Å². The van der Waals surface area contributed by atoms with E-state index in [0.717, 1.165) is 19.4 Å². The van der Waals surface area contributed by atoms with Crippen molar-refractivity contribution in [2.24, 2.45) is 5.41 Å². The van der Waals surface area contributed by atoms with E-state index in [0.29, 0.717) is 19.6 Å². The smallest absolute Gasteiger partial charge is 0.105 e. The Hall–Kier alpha value is -0.160. The summed E-state index contributed by atoms with van der Waals surface area (Å²) < 4.78 is 5.39.